The third-order valence-electron chi connectivity index (χ3n) is 7.71. The molecule has 2 atom stereocenters. The number of aromatic nitrogens is 3. The minimum atomic E-state index is -4.51. The van der Waals surface area contributed by atoms with E-state index in [4.69, 9.17) is 21.6 Å². The summed E-state index contributed by atoms with van der Waals surface area (Å²) in [5.41, 5.74) is 0.325. The van der Waals surface area contributed by atoms with E-state index in [1.165, 1.54) is 24.4 Å². The number of rotatable bonds is 5. The van der Waals surface area contributed by atoms with Gasteiger partial charge >= 0.3 is 12.1 Å². The molecule has 1 N–H and O–H groups in total. The fourth-order valence-electron chi connectivity index (χ4n) is 5.48. The first-order chi connectivity index (χ1) is 19.0. The fraction of sp³-hybridized carbons (Fsp3) is 0.407. The number of hydrogen-bond donors (Lipinski definition) is 1. The SMILES string of the molecule is CNC(=O)[C@@H]1CCC[N+]1(C)c1nc(-c2ccc(F)c(Cl)c2)cc(N2CCN(c3ncccc3C(F)(F)F)CC2)n1. The van der Waals surface area contributed by atoms with Crippen LogP contribution in [0.3, 0.4) is 0 Å². The van der Waals surface area contributed by atoms with Gasteiger partial charge in [-0.1, -0.05) is 11.6 Å². The minimum absolute atomic E-state index is 0.0477. The average molecular weight is 579 g/mol. The van der Waals surface area contributed by atoms with Crippen molar-refractivity contribution in [3.05, 3.63) is 59.0 Å². The maximum absolute atomic E-state index is 13.9. The summed E-state index contributed by atoms with van der Waals surface area (Å²) in [6.07, 6.45) is -1.67. The lowest BCUT2D eigenvalue weighted by Crippen LogP contribution is -2.56. The number of nitrogens with one attached hydrogen (secondary N) is 1. The number of amides is 1. The van der Waals surface area contributed by atoms with E-state index in [0.29, 0.717) is 62.2 Å². The largest absolute Gasteiger partial charge is 0.419 e. The van der Waals surface area contributed by atoms with Crippen molar-refractivity contribution in [2.75, 3.05) is 56.6 Å². The molecule has 1 unspecified atom stereocenters. The molecule has 0 spiro atoms. The van der Waals surface area contributed by atoms with Crippen LogP contribution in [0.2, 0.25) is 5.02 Å². The number of benzene rings is 1. The van der Waals surface area contributed by atoms with Gasteiger partial charge in [0.05, 0.1) is 29.9 Å². The Balaban J connectivity index is 1.50. The molecule has 13 heteroatoms. The molecule has 212 valence electrons. The standard InChI is InChI=1S/C27H28ClF4N7O/c1-33-25(40)22-6-4-14-39(22,2)26-35-21(17-7-8-20(29)19(28)15-17)16-23(36-26)37-10-12-38(13-11-37)24-18(27(30,31)32)5-3-9-34-24/h3,5,7-9,15-16,22H,4,6,10-14H2,1-2H3/p+1/t22-,39?/m0/s1. The first-order valence-corrected chi connectivity index (χ1v) is 13.3. The number of carbonyl (C=O) groups excluding carboxylic acids is 1. The number of quaternary nitrogens is 1. The Kier molecular flexibility index (Phi) is 7.58. The first-order valence-electron chi connectivity index (χ1n) is 13.0. The molecule has 0 bridgehead atoms. The van der Waals surface area contributed by atoms with E-state index >= 15 is 0 Å². The van der Waals surface area contributed by atoms with Crippen molar-refractivity contribution < 1.29 is 22.4 Å². The molecular weight excluding hydrogens is 550 g/mol. The molecule has 1 aromatic carbocycles. The molecule has 4 heterocycles. The molecule has 40 heavy (non-hydrogen) atoms. The van der Waals surface area contributed by atoms with Crippen LogP contribution in [0, 0.1) is 5.82 Å². The van der Waals surface area contributed by atoms with Crippen molar-refractivity contribution in [1.29, 1.82) is 0 Å². The van der Waals surface area contributed by atoms with Crippen molar-refractivity contribution in [2.24, 2.45) is 0 Å². The Labute approximate surface area is 234 Å². The molecule has 2 aromatic heterocycles. The molecule has 1 amide bonds. The first kappa shape index (κ1) is 28.0. The van der Waals surface area contributed by atoms with Crippen molar-refractivity contribution in [3.63, 3.8) is 0 Å². The van der Waals surface area contributed by atoms with Crippen molar-refractivity contribution in [3.8, 4) is 11.3 Å². The molecule has 2 fully saturated rings. The van der Waals surface area contributed by atoms with E-state index in [1.54, 1.807) is 24.1 Å². The second kappa shape index (κ2) is 10.8. The number of carbonyl (C=O) groups is 1. The van der Waals surface area contributed by atoms with Gasteiger partial charge in [0, 0.05) is 63.9 Å². The second-order valence-electron chi connectivity index (χ2n) is 10.2. The molecule has 0 radical (unpaired) electrons. The summed E-state index contributed by atoms with van der Waals surface area (Å²) in [5.74, 6) is 0.250. The Hall–Kier alpha value is -3.51. The Morgan fingerprint density at radius 3 is 2.50 bits per heavy atom. The van der Waals surface area contributed by atoms with E-state index in [1.807, 2.05) is 11.9 Å². The number of anilines is 2. The smallest absolute Gasteiger partial charge is 0.354 e. The van der Waals surface area contributed by atoms with Crippen molar-refractivity contribution >= 4 is 35.1 Å². The maximum Gasteiger partial charge on any atom is 0.419 e. The summed E-state index contributed by atoms with van der Waals surface area (Å²) in [5, 5.41) is 2.69. The van der Waals surface area contributed by atoms with E-state index in [9.17, 15) is 22.4 Å². The summed E-state index contributed by atoms with van der Waals surface area (Å²) < 4.78 is 54.9. The summed E-state index contributed by atoms with van der Waals surface area (Å²) >= 11 is 6.07. The van der Waals surface area contributed by atoms with Gasteiger partial charge in [0.1, 0.15) is 17.5 Å². The number of alkyl halides is 3. The molecular formula is C27H29ClF4N7O+. The molecule has 0 saturated carbocycles. The third kappa shape index (κ3) is 5.29. The van der Waals surface area contributed by atoms with Gasteiger partial charge in [-0.15, -0.1) is 0 Å². The highest BCUT2D eigenvalue weighted by Gasteiger charge is 2.47. The molecule has 2 aliphatic heterocycles. The number of nitrogens with zero attached hydrogens (tertiary/aromatic N) is 6. The number of pyridine rings is 1. The van der Waals surface area contributed by atoms with Gasteiger partial charge < -0.3 is 15.1 Å². The molecule has 2 aliphatic rings. The highest BCUT2D eigenvalue weighted by atomic mass is 35.5. The molecule has 3 aromatic rings. The fourth-order valence-corrected chi connectivity index (χ4v) is 5.66. The van der Waals surface area contributed by atoms with Crippen LogP contribution in [0.5, 0.6) is 0 Å². The summed E-state index contributed by atoms with van der Waals surface area (Å²) in [7, 11) is 3.52. The number of piperazine rings is 1. The van der Waals surface area contributed by atoms with Crippen LogP contribution in [-0.4, -0.2) is 73.7 Å². The van der Waals surface area contributed by atoms with Crippen LogP contribution in [-0.2, 0) is 11.0 Å². The lowest BCUT2D eigenvalue weighted by atomic mass is 10.1. The molecule has 5 rings (SSSR count). The van der Waals surface area contributed by atoms with Crippen LogP contribution < -0.4 is 19.6 Å². The Bertz CT molecular complexity index is 1410. The van der Waals surface area contributed by atoms with Gasteiger partial charge in [-0.25, -0.2) is 13.9 Å². The van der Waals surface area contributed by atoms with Gasteiger partial charge in [0.2, 0.25) is 0 Å². The topological polar surface area (TPSA) is 74.2 Å². The third-order valence-corrected chi connectivity index (χ3v) is 8.00. The van der Waals surface area contributed by atoms with E-state index in [-0.39, 0.29) is 27.3 Å². The van der Waals surface area contributed by atoms with Gasteiger partial charge in [0.25, 0.3) is 5.91 Å². The number of likely N-dealkylation sites (N-methyl/N-ethyl adjacent to an activating group) is 2. The summed E-state index contributed by atoms with van der Waals surface area (Å²) in [6.45, 7) is 2.01. The van der Waals surface area contributed by atoms with Crippen LogP contribution >= 0.6 is 11.6 Å². The van der Waals surface area contributed by atoms with Crippen molar-refractivity contribution in [2.45, 2.75) is 25.1 Å². The van der Waals surface area contributed by atoms with Crippen LogP contribution in [0.25, 0.3) is 11.3 Å². The quantitative estimate of drug-likeness (QED) is 0.354. The van der Waals surface area contributed by atoms with Crippen molar-refractivity contribution in [1.82, 2.24) is 24.8 Å². The monoisotopic (exact) mass is 578 g/mol. The second-order valence-corrected chi connectivity index (χ2v) is 10.6. The normalized spacial score (nSPS) is 21.5. The summed E-state index contributed by atoms with van der Waals surface area (Å²) in [4.78, 5) is 30.1. The Morgan fingerprint density at radius 2 is 1.82 bits per heavy atom. The zero-order chi connectivity index (χ0) is 28.7. The van der Waals surface area contributed by atoms with E-state index in [2.05, 4.69) is 10.3 Å². The van der Waals surface area contributed by atoms with E-state index in [0.717, 1.165) is 12.5 Å². The highest BCUT2D eigenvalue weighted by Crippen LogP contribution is 2.37. The van der Waals surface area contributed by atoms with E-state index < -0.39 is 17.6 Å². The number of hydrogen-bond acceptors (Lipinski definition) is 6. The predicted molar refractivity (Wildman–Crippen MR) is 146 cm³/mol. The predicted octanol–water partition coefficient (Wildman–Crippen LogP) is 4.52. The summed E-state index contributed by atoms with van der Waals surface area (Å²) in [6, 6.07) is 8.03. The molecule has 8 nitrogen and oxygen atoms in total. The number of likely N-dealkylation sites (tertiary alicyclic amines) is 1. The van der Waals surface area contributed by atoms with Crippen LogP contribution in [0.1, 0.15) is 18.4 Å². The Morgan fingerprint density at radius 1 is 1.10 bits per heavy atom. The lowest BCUT2D eigenvalue weighted by molar-refractivity contribution is -0.137. The van der Waals surface area contributed by atoms with Crippen LogP contribution in [0.15, 0.2) is 42.6 Å². The number of halogens is 5. The maximum atomic E-state index is 13.9. The lowest BCUT2D eigenvalue weighted by Gasteiger charge is -2.38. The zero-order valence-corrected chi connectivity index (χ0v) is 22.8. The zero-order valence-electron chi connectivity index (χ0n) is 22.0. The van der Waals surface area contributed by atoms with Crippen LogP contribution in [0.4, 0.5) is 35.1 Å². The highest BCUT2D eigenvalue weighted by molar-refractivity contribution is 6.31. The van der Waals surface area contributed by atoms with Gasteiger partial charge in [0.15, 0.2) is 6.04 Å². The average Bonchev–Trinajstić information content (AvgIpc) is 3.36. The van der Waals surface area contributed by atoms with Gasteiger partial charge in [-0.3, -0.25) is 4.79 Å². The molecule has 0 aliphatic carbocycles. The van der Waals surface area contributed by atoms with Gasteiger partial charge in [-0.05, 0) is 30.3 Å². The molecule has 2 saturated heterocycles. The minimum Gasteiger partial charge on any atom is -0.354 e. The van der Waals surface area contributed by atoms with Gasteiger partial charge in [-0.2, -0.15) is 23.1 Å².